The number of rotatable bonds is 9. The molecule has 0 saturated heterocycles. The predicted octanol–water partition coefficient (Wildman–Crippen LogP) is 6.38. The first-order valence-electron chi connectivity index (χ1n) is 10.3. The summed E-state index contributed by atoms with van der Waals surface area (Å²) in [5.41, 5.74) is 1.82. The smallest absolute Gasteiger partial charge is 0.269 e. The highest BCUT2D eigenvalue weighted by molar-refractivity contribution is 6.32. The number of nitrogens with zero attached hydrogens (tertiary/aromatic N) is 2. The summed E-state index contributed by atoms with van der Waals surface area (Å²) >= 11 is 12.3. The van der Waals surface area contributed by atoms with Gasteiger partial charge in [0.25, 0.3) is 11.6 Å². The second kappa shape index (κ2) is 11.9. The summed E-state index contributed by atoms with van der Waals surface area (Å²) in [5.74, 6) is 0.0806. The molecule has 10 heteroatoms. The van der Waals surface area contributed by atoms with Crippen molar-refractivity contribution >= 4 is 52.1 Å². The van der Waals surface area contributed by atoms with Crippen LogP contribution in [0.3, 0.4) is 0 Å². The number of nitriles is 1. The molecule has 0 aromatic heterocycles. The summed E-state index contributed by atoms with van der Waals surface area (Å²) in [4.78, 5) is 22.6. The SMILES string of the molecule is CCOc1cc(/C=C(\C#N)c2ccc([N+](=O)[O-])cc2)cc(Cl)c1OCC(=O)Nc1ccc(Cl)cc1. The molecule has 0 unspecified atom stereocenters. The fourth-order valence-corrected chi connectivity index (χ4v) is 3.45. The van der Waals surface area contributed by atoms with Crippen LogP contribution in [0.15, 0.2) is 60.7 Å². The summed E-state index contributed by atoms with van der Waals surface area (Å²) in [5, 5.41) is 23.9. The van der Waals surface area contributed by atoms with Gasteiger partial charge in [-0.25, -0.2) is 0 Å². The average molecular weight is 512 g/mol. The number of hydrogen-bond acceptors (Lipinski definition) is 6. The minimum atomic E-state index is -0.512. The van der Waals surface area contributed by atoms with E-state index in [0.717, 1.165) is 0 Å². The number of hydrogen-bond donors (Lipinski definition) is 1. The van der Waals surface area contributed by atoms with Crippen molar-refractivity contribution in [2.45, 2.75) is 6.92 Å². The first-order chi connectivity index (χ1) is 16.8. The second-order valence-electron chi connectivity index (χ2n) is 7.08. The van der Waals surface area contributed by atoms with Crippen LogP contribution in [0.2, 0.25) is 10.0 Å². The molecule has 0 atom stereocenters. The maximum Gasteiger partial charge on any atom is 0.269 e. The zero-order valence-electron chi connectivity index (χ0n) is 18.5. The van der Waals surface area contributed by atoms with E-state index in [9.17, 15) is 20.2 Å². The Morgan fingerprint density at radius 3 is 2.40 bits per heavy atom. The minimum Gasteiger partial charge on any atom is -0.490 e. The topological polar surface area (TPSA) is 114 Å². The standard InChI is InChI=1S/C25H19Cl2N3O5/c1-2-34-23-13-16(11-18(14-28)17-3-9-21(10-4-17)30(32)33)12-22(27)25(23)35-15-24(31)29-20-7-5-19(26)6-8-20/h3-13H,2,15H2,1H3,(H,29,31)/b18-11+. The first-order valence-corrected chi connectivity index (χ1v) is 11.1. The number of anilines is 1. The van der Waals surface area contributed by atoms with E-state index in [1.54, 1.807) is 49.4 Å². The normalized spacial score (nSPS) is 10.9. The van der Waals surface area contributed by atoms with Crippen molar-refractivity contribution in [3.8, 4) is 17.6 Å². The van der Waals surface area contributed by atoms with E-state index >= 15 is 0 Å². The molecular weight excluding hydrogens is 493 g/mol. The van der Waals surface area contributed by atoms with Crippen LogP contribution in [-0.2, 0) is 4.79 Å². The molecule has 3 aromatic carbocycles. The second-order valence-corrected chi connectivity index (χ2v) is 7.92. The third-order valence-corrected chi connectivity index (χ3v) is 5.16. The van der Waals surface area contributed by atoms with E-state index in [1.165, 1.54) is 24.3 Å². The number of ether oxygens (including phenoxy) is 2. The molecular formula is C25H19Cl2N3O5. The van der Waals surface area contributed by atoms with Gasteiger partial charge in [-0.1, -0.05) is 23.2 Å². The number of non-ortho nitro benzene ring substituents is 1. The van der Waals surface area contributed by atoms with Crippen LogP contribution in [-0.4, -0.2) is 24.0 Å². The minimum absolute atomic E-state index is 0.0747. The van der Waals surface area contributed by atoms with Crippen LogP contribution in [0.5, 0.6) is 11.5 Å². The van der Waals surface area contributed by atoms with Crippen molar-refractivity contribution in [1.29, 1.82) is 5.26 Å². The van der Waals surface area contributed by atoms with Gasteiger partial charge in [-0.3, -0.25) is 14.9 Å². The van der Waals surface area contributed by atoms with Crippen LogP contribution >= 0.6 is 23.2 Å². The molecule has 3 aromatic rings. The Morgan fingerprint density at radius 1 is 1.11 bits per heavy atom. The molecule has 1 amide bonds. The maximum absolute atomic E-state index is 12.3. The van der Waals surface area contributed by atoms with Crippen molar-refractivity contribution in [2.24, 2.45) is 0 Å². The lowest BCUT2D eigenvalue weighted by molar-refractivity contribution is -0.384. The van der Waals surface area contributed by atoms with E-state index in [4.69, 9.17) is 32.7 Å². The molecule has 0 heterocycles. The molecule has 0 aliphatic rings. The van der Waals surface area contributed by atoms with Crippen molar-refractivity contribution in [3.05, 3.63) is 92.0 Å². The zero-order valence-corrected chi connectivity index (χ0v) is 20.0. The van der Waals surface area contributed by atoms with Crippen LogP contribution in [0, 0.1) is 21.4 Å². The van der Waals surface area contributed by atoms with Gasteiger partial charge in [-0.05, 0) is 72.7 Å². The summed E-state index contributed by atoms with van der Waals surface area (Å²) < 4.78 is 11.3. The van der Waals surface area contributed by atoms with Crippen LogP contribution in [0.4, 0.5) is 11.4 Å². The fourth-order valence-electron chi connectivity index (χ4n) is 3.05. The molecule has 0 spiro atoms. The van der Waals surface area contributed by atoms with Crippen LogP contribution in [0.25, 0.3) is 11.6 Å². The molecule has 0 bridgehead atoms. The van der Waals surface area contributed by atoms with Crippen LogP contribution in [0.1, 0.15) is 18.1 Å². The monoisotopic (exact) mass is 511 g/mol. The van der Waals surface area contributed by atoms with Gasteiger partial charge in [0.15, 0.2) is 18.1 Å². The van der Waals surface area contributed by atoms with Gasteiger partial charge >= 0.3 is 0 Å². The number of nitro benzene ring substituents is 1. The molecule has 35 heavy (non-hydrogen) atoms. The number of allylic oxidation sites excluding steroid dienone is 1. The lowest BCUT2D eigenvalue weighted by atomic mass is 10.0. The molecule has 0 aliphatic carbocycles. The van der Waals surface area contributed by atoms with Gasteiger partial charge in [0.2, 0.25) is 0 Å². The Bertz CT molecular complexity index is 1300. The largest absolute Gasteiger partial charge is 0.490 e. The third kappa shape index (κ3) is 6.96. The van der Waals surface area contributed by atoms with Crippen molar-refractivity contribution in [2.75, 3.05) is 18.5 Å². The number of benzene rings is 3. The van der Waals surface area contributed by atoms with Crippen molar-refractivity contribution in [1.82, 2.24) is 0 Å². The number of carbonyl (C=O) groups is 1. The highest BCUT2D eigenvalue weighted by Crippen LogP contribution is 2.38. The Morgan fingerprint density at radius 2 is 1.80 bits per heavy atom. The highest BCUT2D eigenvalue weighted by atomic mass is 35.5. The van der Waals surface area contributed by atoms with E-state index in [1.807, 2.05) is 0 Å². The third-order valence-electron chi connectivity index (χ3n) is 4.63. The van der Waals surface area contributed by atoms with E-state index < -0.39 is 10.8 Å². The van der Waals surface area contributed by atoms with Gasteiger partial charge in [-0.15, -0.1) is 0 Å². The van der Waals surface area contributed by atoms with Gasteiger partial charge in [-0.2, -0.15) is 5.26 Å². The Labute approximate surface area is 211 Å². The van der Waals surface area contributed by atoms with Crippen LogP contribution < -0.4 is 14.8 Å². The number of carbonyl (C=O) groups excluding carboxylic acids is 1. The molecule has 0 fully saturated rings. The fraction of sp³-hybridized carbons (Fsp3) is 0.120. The lowest BCUT2D eigenvalue weighted by Crippen LogP contribution is -2.20. The van der Waals surface area contributed by atoms with E-state index in [2.05, 4.69) is 11.4 Å². The van der Waals surface area contributed by atoms with Gasteiger partial charge < -0.3 is 14.8 Å². The number of nitro groups is 1. The molecule has 178 valence electrons. The number of halogens is 2. The Balaban J connectivity index is 1.81. The lowest BCUT2D eigenvalue weighted by Gasteiger charge is -2.15. The summed E-state index contributed by atoms with van der Waals surface area (Å²) in [6.07, 6.45) is 1.58. The molecule has 0 aliphatic heterocycles. The highest BCUT2D eigenvalue weighted by Gasteiger charge is 2.15. The van der Waals surface area contributed by atoms with Gasteiger partial charge in [0.05, 0.1) is 28.2 Å². The number of amides is 1. The summed E-state index contributed by atoms with van der Waals surface area (Å²) in [6.45, 7) is 1.78. The maximum atomic E-state index is 12.3. The predicted molar refractivity (Wildman–Crippen MR) is 135 cm³/mol. The quantitative estimate of drug-likeness (QED) is 0.154. The molecule has 8 nitrogen and oxygen atoms in total. The molecule has 0 radical (unpaired) electrons. The number of nitrogens with one attached hydrogen (secondary N) is 1. The van der Waals surface area contributed by atoms with Gasteiger partial charge in [0.1, 0.15) is 0 Å². The Hall–Kier alpha value is -4.06. The Kier molecular flexibility index (Phi) is 8.68. The molecule has 0 saturated carbocycles. The summed E-state index contributed by atoms with van der Waals surface area (Å²) in [6, 6.07) is 17.6. The molecule has 3 rings (SSSR count). The van der Waals surface area contributed by atoms with Gasteiger partial charge in [0, 0.05) is 22.8 Å². The zero-order chi connectivity index (χ0) is 25.4. The molecule has 1 N–H and O–H groups in total. The summed E-state index contributed by atoms with van der Waals surface area (Å²) in [7, 11) is 0. The van der Waals surface area contributed by atoms with E-state index in [-0.39, 0.29) is 28.6 Å². The van der Waals surface area contributed by atoms with E-state index in [0.29, 0.717) is 34.2 Å². The van der Waals surface area contributed by atoms with Crippen molar-refractivity contribution < 1.29 is 19.2 Å². The first kappa shape index (κ1) is 25.6. The van der Waals surface area contributed by atoms with Crippen molar-refractivity contribution in [3.63, 3.8) is 0 Å². The average Bonchev–Trinajstić information content (AvgIpc) is 2.83.